The molecule has 1 heterocycles. The number of hydrogen-bond donors (Lipinski definition) is 1. The van der Waals surface area contributed by atoms with Gasteiger partial charge in [0.25, 0.3) is 0 Å². The van der Waals surface area contributed by atoms with Crippen molar-refractivity contribution >= 4 is 19.9 Å². The van der Waals surface area contributed by atoms with Crippen molar-refractivity contribution in [2.45, 2.75) is 29.7 Å². The van der Waals surface area contributed by atoms with Gasteiger partial charge in [-0.3, -0.25) is 4.98 Å². The van der Waals surface area contributed by atoms with Crippen LogP contribution in [-0.4, -0.2) is 28.4 Å². The summed E-state index contributed by atoms with van der Waals surface area (Å²) in [6, 6.07) is 13.7. The molecular weight excluding hydrogens is 439 g/mol. The predicted octanol–water partition coefficient (Wildman–Crippen LogP) is 3.47. The van der Waals surface area contributed by atoms with Gasteiger partial charge < -0.3 is 0 Å². The van der Waals surface area contributed by atoms with Gasteiger partial charge in [0.2, 0.25) is 10.0 Å². The molecule has 3 rings (SSSR count). The topological polar surface area (TPSA) is 93.2 Å². The SMILES string of the molecule is Cc1cccc(CS(=O)(=O)NC[C@@H](c2cccnc2)S(=O)(=O)c2ccc(F)c(C)c2)c1. The molecule has 0 spiro atoms. The lowest BCUT2D eigenvalue weighted by Gasteiger charge is -2.19. The molecule has 1 atom stereocenters. The van der Waals surface area contributed by atoms with Crippen LogP contribution in [-0.2, 0) is 25.6 Å². The maximum atomic E-state index is 13.7. The summed E-state index contributed by atoms with van der Waals surface area (Å²) in [5.41, 5.74) is 2.05. The second-order valence-corrected chi connectivity index (χ2v) is 11.3. The predicted molar refractivity (Wildman–Crippen MR) is 117 cm³/mol. The van der Waals surface area contributed by atoms with Crippen LogP contribution in [0.5, 0.6) is 0 Å². The molecular formula is C22H23FN2O4S2. The summed E-state index contributed by atoms with van der Waals surface area (Å²) in [6.45, 7) is 2.95. The molecule has 3 aromatic rings. The van der Waals surface area contributed by atoms with Gasteiger partial charge in [-0.1, -0.05) is 35.9 Å². The van der Waals surface area contributed by atoms with Crippen LogP contribution in [0.1, 0.15) is 27.5 Å². The highest BCUT2D eigenvalue weighted by atomic mass is 32.2. The summed E-state index contributed by atoms with van der Waals surface area (Å²) in [4.78, 5) is 3.88. The first-order chi connectivity index (χ1) is 14.6. The van der Waals surface area contributed by atoms with Crippen molar-refractivity contribution in [3.63, 3.8) is 0 Å². The van der Waals surface area contributed by atoms with E-state index in [1.54, 1.807) is 30.3 Å². The molecule has 0 bridgehead atoms. The van der Waals surface area contributed by atoms with Crippen molar-refractivity contribution in [2.75, 3.05) is 6.54 Å². The minimum absolute atomic E-state index is 0.0851. The van der Waals surface area contributed by atoms with Crippen LogP contribution in [0.3, 0.4) is 0 Å². The molecule has 0 radical (unpaired) electrons. The van der Waals surface area contributed by atoms with Crippen molar-refractivity contribution in [2.24, 2.45) is 0 Å². The largest absolute Gasteiger partial charge is 0.264 e. The maximum Gasteiger partial charge on any atom is 0.215 e. The number of nitrogens with one attached hydrogen (secondary N) is 1. The number of sulfone groups is 1. The zero-order valence-electron chi connectivity index (χ0n) is 17.1. The van der Waals surface area contributed by atoms with Crippen LogP contribution >= 0.6 is 0 Å². The highest BCUT2D eigenvalue weighted by Gasteiger charge is 2.31. The molecule has 1 N–H and O–H groups in total. The van der Waals surface area contributed by atoms with Crippen LogP contribution < -0.4 is 4.72 Å². The van der Waals surface area contributed by atoms with E-state index in [0.717, 1.165) is 11.6 Å². The van der Waals surface area contributed by atoms with Crippen LogP contribution in [0.2, 0.25) is 0 Å². The number of hydrogen-bond acceptors (Lipinski definition) is 5. The average molecular weight is 463 g/mol. The lowest BCUT2D eigenvalue weighted by molar-refractivity contribution is 0.567. The first-order valence-corrected chi connectivity index (χ1v) is 12.7. The molecule has 0 aliphatic heterocycles. The standard InChI is InChI=1S/C22H23FN2O4S2/c1-16-5-3-6-18(11-16)15-30(26,27)25-14-22(19-7-4-10-24-13-19)31(28,29)20-8-9-21(23)17(2)12-20/h3-13,22,25H,14-15H2,1-2H3/t22-/m0/s1. The minimum atomic E-state index is -4.03. The fourth-order valence-corrected chi connectivity index (χ4v) is 6.18. The fraction of sp³-hybridized carbons (Fsp3) is 0.227. The molecule has 0 fully saturated rings. The third kappa shape index (κ3) is 5.75. The first kappa shape index (κ1) is 23.1. The minimum Gasteiger partial charge on any atom is -0.264 e. The van der Waals surface area contributed by atoms with Crippen molar-refractivity contribution in [3.05, 3.63) is 95.1 Å². The van der Waals surface area contributed by atoms with Gasteiger partial charge >= 0.3 is 0 Å². The summed E-state index contributed by atoms with van der Waals surface area (Å²) in [6.07, 6.45) is 2.88. The summed E-state index contributed by atoms with van der Waals surface area (Å²) in [5, 5.41) is -1.22. The molecule has 31 heavy (non-hydrogen) atoms. The van der Waals surface area contributed by atoms with Crippen LogP contribution in [0.15, 0.2) is 71.9 Å². The summed E-state index contributed by atoms with van der Waals surface area (Å²) in [7, 11) is -7.84. The van der Waals surface area contributed by atoms with E-state index >= 15 is 0 Å². The molecule has 0 saturated heterocycles. The molecule has 164 valence electrons. The van der Waals surface area contributed by atoms with E-state index in [-0.39, 0.29) is 22.8 Å². The van der Waals surface area contributed by atoms with Gasteiger partial charge in [-0.15, -0.1) is 0 Å². The number of aromatic nitrogens is 1. The first-order valence-electron chi connectivity index (χ1n) is 9.51. The quantitative estimate of drug-likeness (QED) is 0.518. The summed E-state index contributed by atoms with van der Waals surface area (Å²) < 4.78 is 68.0. The average Bonchev–Trinajstić information content (AvgIpc) is 2.70. The molecule has 0 aliphatic carbocycles. The van der Waals surface area contributed by atoms with Gasteiger partial charge in [0.05, 0.1) is 10.6 Å². The highest BCUT2D eigenvalue weighted by Crippen LogP contribution is 2.29. The van der Waals surface area contributed by atoms with E-state index < -0.39 is 30.9 Å². The maximum absolute atomic E-state index is 13.7. The number of nitrogens with zero attached hydrogens (tertiary/aromatic N) is 1. The van der Waals surface area contributed by atoms with Crippen molar-refractivity contribution in [3.8, 4) is 0 Å². The third-order valence-electron chi connectivity index (χ3n) is 4.82. The zero-order valence-corrected chi connectivity index (χ0v) is 18.8. The van der Waals surface area contributed by atoms with Crippen LogP contribution in [0, 0.1) is 19.7 Å². The van der Waals surface area contributed by atoms with E-state index in [1.807, 2.05) is 13.0 Å². The molecule has 1 aromatic heterocycles. The molecule has 6 nitrogen and oxygen atoms in total. The normalized spacial score (nSPS) is 13.1. The Bertz CT molecular complexity index is 1280. The van der Waals surface area contributed by atoms with Gasteiger partial charge in [-0.05, 0) is 54.8 Å². The Kier molecular flexibility index (Phi) is 6.88. The molecule has 0 saturated carbocycles. The summed E-state index contributed by atoms with van der Waals surface area (Å²) in [5.74, 6) is -0.792. The van der Waals surface area contributed by atoms with Crippen LogP contribution in [0.4, 0.5) is 4.39 Å². The number of aryl methyl sites for hydroxylation is 2. The molecule has 2 aromatic carbocycles. The number of benzene rings is 2. The monoisotopic (exact) mass is 462 g/mol. The Morgan fingerprint density at radius 1 is 1.00 bits per heavy atom. The van der Waals surface area contributed by atoms with Gasteiger partial charge in [-0.25, -0.2) is 25.9 Å². The highest BCUT2D eigenvalue weighted by molar-refractivity contribution is 7.92. The number of pyridine rings is 1. The van der Waals surface area contributed by atoms with Crippen LogP contribution in [0.25, 0.3) is 0 Å². The lowest BCUT2D eigenvalue weighted by atomic mass is 10.2. The second kappa shape index (κ2) is 9.25. The van der Waals surface area contributed by atoms with Gasteiger partial charge in [-0.2, -0.15) is 0 Å². The van der Waals surface area contributed by atoms with E-state index in [0.29, 0.717) is 11.1 Å². The number of sulfonamides is 1. The Hall–Kier alpha value is -2.62. The van der Waals surface area contributed by atoms with Gasteiger partial charge in [0.15, 0.2) is 9.84 Å². The number of rotatable bonds is 8. The fourth-order valence-electron chi connectivity index (χ4n) is 3.21. The van der Waals surface area contributed by atoms with E-state index in [2.05, 4.69) is 9.71 Å². The van der Waals surface area contributed by atoms with Gasteiger partial charge in [0.1, 0.15) is 11.1 Å². The lowest BCUT2D eigenvalue weighted by Crippen LogP contribution is -2.33. The summed E-state index contributed by atoms with van der Waals surface area (Å²) >= 11 is 0. The van der Waals surface area contributed by atoms with Crippen molar-refractivity contribution < 1.29 is 21.2 Å². The van der Waals surface area contributed by atoms with E-state index in [1.165, 1.54) is 31.5 Å². The van der Waals surface area contributed by atoms with E-state index in [4.69, 9.17) is 0 Å². The molecule has 0 unspecified atom stereocenters. The molecule has 0 aliphatic rings. The van der Waals surface area contributed by atoms with Crippen molar-refractivity contribution in [1.29, 1.82) is 0 Å². The Labute approximate surface area is 182 Å². The molecule has 9 heteroatoms. The smallest absolute Gasteiger partial charge is 0.215 e. The second-order valence-electron chi connectivity index (χ2n) is 7.33. The Morgan fingerprint density at radius 2 is 1.77 bits per heavy atom. The number of halogens is 1. The van der Waals surface area contributed by atoms with Gasteiger partial charge in [0, 0.05) is 18.9 Å². The third-order valence-corrected chi connectivity index (χ3v) is 8.24. The zero-order chi connectivity index (χ0) is 22.6. The Balaban J connectivity index is 1.90. The van der Waals surface area contributed by atoms with E-state index in [9.17, 15) is 21.2 Å². The van der Waals surface area contributed by atoms with Crippen molar-refractivity contribution in [1.82, 2.24) is 9.71 Å². The molecule has 0 amide bonds. The Morgan fingerprint density at radius 3 is 2.42 bits per heavy atom.